The van der Waals surface area contributed by atoms with Crippen molar-refractivity contribution in [3.63, 3.8) is 0 Å². The minimum absolute atomic E-state index is 0.273. The maximum atomic E-state index is 12.7. The van der Waals surface area contributed by atoms with Gasteiger partial charge in [0.05, 0.1) is 5.69 Å². The topological polar surface area (TPSA) is 73.0 Å². The lowest BCUT2D eigenvalue weighted by Crippen LogP contribution is -2.11. The van der Waals surface area contributed by atoms with Crippen molar-refractivity contribution in [3.05, 3.63) is 83.6 Å². The molecule has 0 fully saturated rings. The molecule has 0 aliphatic heterocycles. The van der Waals surface area contributed by atoms with Gasteiger partial charge in [-0.3, -0.25) is 4.79 Å². The predicted molar refractivity (Wildman–Crippen MR) is 117 cm³/mol. The van der Waals surface area contributed by atoms with Gasteiger partial charge in [-0.15, -0.1) is 10.2 Å². The van der Waals surface area contributed by atoms with Gasteiger partial charge in [-0.2, -0.15) is 4.80 Å². The van der Waals surface area contributed by atoms with Gasteiger partial charge in [-0.25, -0.2) is 0 Å². The van der Waals surface area contributed by atoms with Crippen LogP contribution < -0.4 is 5.32 Å². The van der Waals surface area contributed by atoms with Crippen LogP contribution in [0.4, 0.5) is 5.69 Å². The van der Waals surface area contributed by atoms with Crippen LogP contribution in [-0.4, -0.2) is 20.9 Å². The van der Waals surface area contributed by atoms with Crippen molar-refractivity contribution in [2.24, 2.45) is 0 Å². The molecule has 2 heterocycles. The monoisotopic (exact) mass is 396 g/mol. The fourth-order valence-corrected chi connectivity index (χ4v) is 3.46. The average Bonchev–Trinajstić information content (AvgIpc) is 3.38. The van der Waals surface area contributed by atoms with Crippen LogP contribution in [0.1, 0.15) is 28.6 Å². The van der Waals surface area contributed by atoms with E-state index >= 15 is 0 Å². The smallest absolute Gasteiger partial charge is 0.291 e. The highest BCUT2D eigenvalue weighted by molar-refractivity contribution is 6.05. The van der Waals surface area contributed by atoms with E-state index in [-0.39, 0.29) is 11.7 Å². The number of fused-ring (bicyclic) bond motifs is 2. The summed E-state index contributed by atoms with van der Waals surface area (Å²) in [6.07, 6.45) is 0.988. The Balaban J connectivity index is 1.45. The quantitative estimate of drug-likeness (QED) is 0.448. The molecule has 0 unspecified atom stereocenters. The predicted octanol–water partition coefficient (Wildman–Crippen LogP) is 5.29. The molecule has 5 rings (SSSR count). The number of hydrogen-bond donors (Lipinski definition) is 1. The van der Waals surface area contributed by atoms with Crippen LogP contribution in [0.2, 0.25) is 0 Å². The van der Waals surface area contributed by atoms with Crippen molar-refractivity contribution in [3.8, 4) is 5.69 Å². The van der Waals surface area contributed by atoms with Gasteiger partial charge in [0.2, 0.25) is 0 Å². The zero-order valence-corrected chi connectivity index (χ0v) is 16.7. The fourth-order valence-electron chi connectivity index (χ4n) is 3.46. The highest BCUT2D eigenvalue weighted by Gasteiger charge is 2.15. The standard InChI is InChI=1S/C24H20N4O2/c1-3-16-8-10-18(11-9-16)28-26-20-12-15(2)19(14-21(20)27-28)25-24(29)23-13-17-6-4-5-7-22(17)30-23/h4-14H,3H2,1-2H3,(H,25,29). The third-order valence-electron chi connectivity index (χ3n) is 5.20. The van der Waals surface area contributed by atoms with Gasteiger partial charge < -0.3 is 9.73 Å². The van der Waals surface area contributed by atoms with Gasteiger partial charge in [-0.05, 0) is 60.9 Å². The number of aryl methyl sites for hydroxylation is 2. The molecule has 1 amide bonds. The van der Waals surface area contributed by atoms with E-state index < -0.39 is 0 Å². The summed E-state index contributed by atoms with van der Waals surface area (Å²) in [5, 5.41) is 13.0. The Bertz CT molecular complexity index is 1350. The number of anilines is 1. The first-order valence-electron chi connectivity index (χ1n) is 9.87. The van der Waals surface area contributed by atoms with E-state index in [0.717, 1.165) is 28.6 Å². The Hall–Kier alpha value is -3.93. The number of carbonyl (C=O) groups is 1. The molecule has 3 aromatic carbocycles. The maximum Gasteiger partial charge on any atom is 0.291 e. The molecule has 0 saturated heterocycles. The lowest BCUT2D eigenvalue weighted by atomic mass is 10.1. The first kappa shape index (κ1) is 18.1. The van der Waals surface area contributed by atoms with E-state index in [2.05, 4.69) is 34.6 Å². The first-order chi connectivity index (χ1) is 14.6. The fraction of sp³-hybridized carbons (Fsp3) is 0.125. The molecule has 1 N–H and O–H groups in total. The molecule has 0 aliphatic rings. The molecule has 148 valence electrons. The van der Waals surface area contributed by atoms with Crippen LogP contribution in [0.25, 0.3) is 27.7 Å². The number of benzene rings is 3. The van der Waals surface area contributed by atoms with Gasteiger partial charge in [0.15, 0.2) is 5.76 Å². The largest absolute Gasteiger partial charge is 0.451 e. The highest BCUT2D eigenvalue weighted by atomic mass is 16.3. The molecule has 0 radical (unpaired) electrons. The number of hydrogen-bond acceptors (Lipinski definition) is 4. The van der Waals surface area contributed by atoms with E-state index in [1.54, 1.807) is 10.9 Å². The second kappa shape index (κ2) is 7.15. The molecule has 0 atom stereocenters. The van der Waals surface area contributed by atoms with Gasteiger partial charge in [0.1, 0.15) is 16.6 Å². The Morgan fingerprint density at radius 2 is 1.73 bits per heavy atom. The third-order valence-corrected chi connectivity index (χ3v) is 5.20. The van der Waals surface area contributed by atoms with Crippen molar-refractivity contribution in [2.45, 2.75) is 20.3 Å². The number of nitrogens with zero attached hydrogens (tertiary/aromatic N) is 3. The third kappa shape index (κ3) is 3.22. The summed E-state index contributed by atoms with van der Waals surface area (Å²) in [5.41, 5.74) is 5.92. The lowest BCUT2D eigenvalue weighted by Gasteiger charge is -2.06. The summed E-state index contributed by atoms with van der Waals surface area (Å²) in [4.78, 5) is 14.3. The number of furan rings is 1. The van der Waals surface area contributed by atoms with Gasteiger partial charge in [0, 0.05) is 11.1 Å². The minimum atomic E-state index is -0.295. The SMILES string of the molecule is CCc1ccc(-n2nc3cc(C)c(NC(=O)c4cc5ccccc5o4)cc3n2)cc1. The summed E-state index contributed by atoms with van der Waals surface area (Å²) in [6.45, 7) is 4.06. The van der Waals surface area contributed by atoms with Crippen LogP contribution in [0.5, 0.6) is 0 Å². The van der Waals surface area contributed by atoms with Crippen LogP contribution in [0.3, 0.4) is 0 Å². The Kier molecular flexibility index (Phi) is 4.32. The van der Waals surface area contributed by atoms with E-state index in [4.69, 9.17) is 4.42 Å². The van der Waals surface area contributed by atoms with Crippen LogP contribution in [0, 0.1) is 6.92 Å². The number of aromatic nitrogens is 3. The van der Waals surface area contributed by atoms with Crippen molar-refractivity contribution in [1.29, 1.82) is 0 Å². The molecule has 0 spiro atoms. The lowest BCUT2D eigenvalue weighted by molar-refractivity contribution is 0.0998. The van der Waals surface area contributed by atoms with Crippen molar-refractivity contribution in [2.75, 3.05) is 5.32 Å². The summed E-state index contributed by atoms with van der Waals surface area (Å²) in [5.74, 6) is -0.0217. The second-order valence-corrected chi connectivity index (χ2v) is 7.27. The summed E-state index contributed by atoms with van der Waals surface area (Å²) >= 11 is 0. The van der Waals surface area contributed by atoms with Gasteiger partial charge >= 0.3 is 0 Å². The number of nitrogens with one attached hydrogen (secondary N) is 1. The Labute approximate surface area is 173 Å². The van der Waals surface area contributed by atoms with Crippen LogP contribution in [-0.2, 0) is 6.42 Å². The zero-order chi connectivity index (χ0) is 20.7. The van der Waals surface area contributed by atoms with E-state index in [9.17, 15) is 4.79 Å². The molecule has 6 nitrogen and oxygen atoms in total. The summed E-state index contributed by atoms with van der Waals surface area (Å²) < 4.78 is 5.67. The summed E-state index contributed by atoms with van der Waals surface area (Å²) in [6, 6.07) is 21.2. The van der Waals surface area contributed by atoms with Crippen molar-refractivity contribution < 1.29 is 9.21 Å². The van der Waals surface area contributed by atoms with Crippen LogP contribution in [0.15, 0.2) is 71.1 Å². The zero-order valence-electron chi connectivity index (χ0n) is 16.7. The number of para-hydroxylation sites is 1. The average molecular weight is 396 g/mol. The summed E-state index contributed by atoms with van der Waals surface area (Å²) in [7, 11) is 0. The maximum absolute atomic E-state index is 12.7. The minimum Gasteiger partial charge on any atom is -0.451 e. The Morgan fingerprint density at radius 3 is 2.47 bits per heavy atom. The Morgan fingerprint density at radius 1 is 1.00 bits per heavy atom. The highest BCUT2D eigenvalue weighted by Crippen LogP contribution is 2.24. The van der Waals surface area contributed by atoms with Crippen molar-refractivity contribution >= 4 is 33.6 Å². The number of carbonyl (C=O) groups excluding carboxylic acids is 1. The molecular formula is C24H20N4O2. The molecule has 0 aliphatic carbocycles. The molecule has 0 saturated carbocycles. The molecule has 6 heteroatoms. The van der Waals surface area contributed by atoms with Crippen molar-refractivity contribution in [1.82, 2.24) is 15.0 Å². The first-order valence-corrected chi connectivity index (χ1v) is 9.87. The van der Waals surface area contributed by atoms with Gasteiger partial charge in [0.25, 0.3) is 5.91 Å². The van der Waals surface area contributed by atoms with E-state index in [0.29, 0.717) is 16.8 Å². The molecular weight excluding hydrogens is 376 g/mol. The molecule has 2 aromatic heterocycles. The molecule has 0 bridgehead atoms. The van der Waals surface area contributed by atoms with E-state index in [1.807, 2.05) is 55.5 Å². The number of rotatable bonds is 4. The molecule has 5 aromatic rings. The van der Waals surface area contributed by atoms with Crippen LogP contribution >= 0.6 is 0 Å². The second-order valence-electron chi connectivity index (χ2n) is 7.27. The van der Waals surface area contributed by atoms with E-state index in [1.165, 1.54) is 5.56 Å². The van der Waals surface area contributed by atoms with Gasteiger partial charge in [-0.1, -0.05) is 37.3 Å². The normalized spacial score (nSPS) is 11.3. The molecule has 30 heavy (non-hydrogen) atoms. The number of amides is 1.